The van der Waals surface area contributed by atoms with E-state index in [1.165, 1.54) is 89.5 Å². The first-order valence-corrected chi connectivity index (χ1v) is 17.1. The molecule has 48 heavy (non-hydrogen) atoms. The number of hydrogen-bond donors (Lipinski definition) is 0. The van der Waals surface area contributed by atoms with Gasteiger partial charge in [-0.05, 0) is 0 Å². The van der Waals surface area contributed by atoms with Crippen LogP contribution in [0.4, 0.5) is 22.7 Å². The molecular weight excluding hydrogens is 582 g/mol. The predicted octanol–water partition coefficient (Wildman–Crippen LogP) is 9.38. The summed E-state index contributed by atoms with van der Waals surface area (Å²) < 4.78 is 0. The third-order valence-corrected chi connectivity index (χ3v) is 9.77. The molecule has 0 aromatic heterocycles. The summed E-state index contributed by atoms with van der Waals surface area (Å²) in [6.07, 6.45) is 8.98. The van der Waals surface area contributed by atoms with Crippen LogP contribution >= 0.6 is 0 Å². The van der Waals surface area contributed by atoms with Crippen molar-refractivity contribution in [3.63, 3.8) is 0 Å². The molecule has 0 unspecified atom stereocenters. The molecule has 0 saturated carbocycles. The molecule has 4 aromatic carbocycles. The Morgan fingerprint density at radius 1 is 0.375 bits per heavy atom. The van der Waals surface area contributed by atoms with Crippen LogP contribution in [0.3, 0.4) is 0 Å². The second-order valence-corrected chi connectivity index (χ2v) is 14.3. The van der Waals surface area contributed by atoms with Crippen molar-refractivity contribution in [1.82, 2.24) is 0 Å². The normalized spacial score (nSPS) is 14.5. The van der Waals surface area contributed by atoms with Gasteiger partial charge in [0.2, 0.25) is 0 Å². The van der Waals surface area contributed by atoms with Crippen LogP contribution in [0.1, 0.15) is 66.8 Å². The Bertz CT molecular complexity index is 1790. The molecule has 0 amide bonds. The van der Waals surface area contributed by atoms with Gasteiger partial charge in [-0.25, -0.2) is 0 Å². The van der Waals surface area contributed by atoms with Crippen LogP contribution in [0.2, 0.25) is 0 Å². The molecule has 0 atom stereocenters. The van der Waals surface area contributed by atoms with Crippen molar-refractivity contribution in [3.05, 3.63) is 140 Å². The molecule has 0 N–H and O–H groups in total. The number of aryl methyl sites for hydroxylation is 12. The Morgan fingerprint density at radius 2 is 0.646 bits per heavy atom. The van der Waals surface area contributed by atoms with E-state index >= 15 is 0 Å². The van der Waals surface area contributed by atoms with Gasteiger partial charge in [0.1, 0.15) is 0 Å². The Labute approximate surface area is 290 Å². The second kappa shape index (κ2) is 12.9. The number of nitrogens with zero attached hydrogens (tertiary/aromatic N) is 4. The molecular formula is C42H49B2N4. The van der Waals surface area contributed by atoms with Gasteiger partial charge in [0.15, 0.2) is 0 Å². The van der Waals surface area contributed by atoms with E-state index in [-0.39, 0.29) is 6.07 Å². The van der Waals surface area contributed by atoms with Gasteiger partial charge in [0.05, 0.1) is 0 Å². The molecule has 0 saturated heterocycles. The van der Waals surface area contributed by atoms with Crippen LogP contribution in [-0.2, 0) is 0 Å². The molecule has 4 aromatic rings. The summed E-state index contributed by atoms with van der Waals surface area (Å²) in [4.78, 5) is 9.64. The van der Waals surface area contributed by atoms with Gasteiger partial charge in [0.25, 0.3) is 0 Å². The van der Waals surface area contributed by atoms with Crippen molar-refractivity contribution in [3.8, 4) is 0 Å². The summed E-state index contributed by atoms with van der Waals surface area (Å²) in [5, 5.41) is 0. The van der Waals surface area contributed by atoms with Gasteiger partial charge < -0.3 is 0 Å². The van der Waals surface area contributed by atoms with Crippen molar-refractivity contribution >= 4 is 42.4 Å². The molecule has 0 bridgehead atoms. The number of hydrogen-bond acceptors (Lipinski definition) is 4. The minimum atomic E-state index is -0.0672. The van der Waals surface area contributed by atoms with Gasteiger partial charge >= 0.3 is 291 Å². The van der Waals surface area contributed by atoms with E-state index in [0.717, 1.165) is 5.71 Å². The van der Waals surface area contributed by atoms with Gasteiger partial charge in [0, 0.05) is 0 Å². The summed E-state index contributed by atoms with van der Waals surface area (Å²) in [6, 6.07) is 18.3. The maximum absolute atomic E-state index is 2.45. The summed E-state index contributed by atoms with van der Waals surface area (Å²) in [5.41, 5.74) is 21.4. The van der Waals surface area contributed by atoms with E-state index in [9.17, 15) is 0 Å². The van der Waals surface area contributed by atoms with E-state index in [2.05, 4.69) is 190 Å². The number of anilines is 4. The monoisotopic (exact) mass is 631 g/mol. The molecule has 0 aliphatic carbocycles. The first kappa shape index (κ1) is 33.5. The summed E-state index contributed by atoms with van der Waals surface area (Å²) in [7, 11) is 2.39. The molecule has 4 nitrogen and oxygen atoms in total. The summed E-state index contributed by atoms with van der Waals surface area (Å²) in [6.45, 7) is 28.9. The molecule has 6 heteroatoms. The Balaban J connectivity index is 1.52. The zero-order chi connectivity index (χ0) is 34.6. The van der Waals surface area contributed by atoms with Crippen LogP contribution in [-0.4, -0.2) is 25.8 Å². The van der Waals surface area contributed by atoms with Crippen molar-refractivity contribution in [2.45, 2.75) is 89.1 Å². The molecule has 0 spiro atoms. The number of rotatable bonds is 6. The predicted molar refractivity (Wildman–Crippen MR) is 211 cm³/mol. The van der Waals surface area contributed by atoms with Gasteiger partial charge in [-0.15, -0.1) is 0 Å². The van der Waals surface area contributed by atoms with Crippen molar-refractivity contribution in [1.29, 1.82) is 0 Å². The quantitative estimate of drug-likeness (QED) is 0.197. The van der Waals surface area contributed by atoms with E-state index in [0.29, 0.717) is 0 Å². The Hall–Kier alpha value is -4.44. The Kier molecular flexibility index (Phi) is 8.98. The van der Waals surface area contributed by atoms with E-state index in [1.54, 1.807) is 0 Å². The van der Waals surface area contributed by atoms with Gasteiger partial charge in [-0.3, -0.25) is 0 Å². The first-order chi connectivity index (χ1) is 22.7. The topological polar surface area (TPSA) is 13.0 Å². The summed E-state index contributed by atoms with van der Waals surface area (Å²) >= 11 is 0. The van der Waals surface area contributed by atoms with Crippen LogP contribution in [0.15, 0.2) is 73.3 Å². The fraction of sp³-hybridized carbons (Fsp3) is 0.310. The van der Waals surface area contributed by atoms with E-state index in [4.69, 9.17) is 0 Å². The molecule has 6 rings (SSSR count). The molecule has 1 radical (unpaired) electrons. The molecule has 0 fully saturated rings. The maximum atomic E-state index is 2.45. The Morgan fingerprint density at radius 3 is 0.938 bits per heavy atom. The zero-order valence-electron chi connectivity index (χ0n) is 30.9. The van der Waals surface area contributed by atoms with Gasteiger partial charge in [-0.1, -0.05) is 0 Å². The van der Waals surface area contributed by atoms with Crippen LogP contribution in [0.5, 0.6) is 0 Å². The SMILES string of the molecule is Cc1cc(C)c(N2C=CN(c3c(C)cc(C)cc3C)C2=B[B]C2N(c3c(C)cc(C)cc3C)C=CN2c2c(C)cc(C)cc2C)c(C)c1. The first-order valence-electron chi connectivity index (χ1n) is 17.1. The average molecular weight is 632 g/mol. The van der Waals surface area contributed by atoms with Crippen molar-refractivity contribution in [2.75, 3.05) is 19.6 Å². The average Bonchev–Trinajstić information content (AvgIpc) is 3.54. The minimum absolute atomic E-state index is 0.0672. The third-order valence-electron chi connectivity index (χ3n) is 9.77. The van der Waals surface area contributed by atoms with Crippen LogP contribution in [0.25, 0.3) is 0 Å². The standard InChI is InChI=1S/C42H49B2N4/c1-25-17-29(5)37(30(6)18-25)45-13-14-46(38-31(7)19-26(2)20-32(38)8)41(45)43-44-42-47(39-33(9)21-27(3)22-34(39)10)15-16-48(42)40-35(11)23-28(4)24-36(40)12/h13-24,41H,1-12H3. The fourth-order valence-electron chi connectivity index (χ4n) is 8.43. The molecule has 243 valence electrons. The number of benzene rings is 4. The molecule has 2 aliphatic heterocycles. The van der Waals surface area contributed by atoms with Crippen molar-refractivity contribution in [2.24, 2.45) is 0 Å². The molecule has 2 aliphatic rings. The van der Waals surface area contributed by atoms with E-state index in [1.807, 2.05) is 0 Å². The van der Waals surface area contributed by atoms with Crippen LogP contribution in [0, 0.1) is 83.1 Å². The third kappa shape index (κ3) is 6.02. The van der Waals surface area contributed by atoms with Crippen LogP contribution < -0.4 is 19.6 Å². The second-order valence-electron chi connectivity index (χ2n) is 14.3. The fourth-order valence-corrected chi connectivity index (χ4v) is 8.43. The zero-order valence-corrected chi connectivity index (χ0v) is 30.9. The van der Waals surface area contributed by atoms with E-state index < -0.39 is 0 Å². The van der Waals surface area contributed by atoms with Gasteiger partial charge in [-0.2, -0.15) is 0 Å². The molecule has 2 heterocycles. The van der Waals surface area contributed by atoms with Crippen molar-refractivity contribution < 1.29 is 0 Å². The summed E-state index contributed by atoms with van der Waals surface area (Å²) in [5.74, 6) is 0.